The highest BCUT2D eigenvalue weighted by Crippen LogP contribution is 2.45. The summed E-state index contributed by atoms with van der Waals surface area (Å²) in [4.78, 5) is 24.2. The minimum absolute atomic E-state index is 0.658. The van der Waals surface area contributed by atoms with Crippen LogP contribution in [0, 0.1) is 0 Å². The van der Waals surface area contributed by atoms with Crippen LogP contribution in [0.25, 0.3) is 144 Å². The van der Waals surface area contributed by atoms with Gasteiger partial charge >= 0.3 is 0 Å². The fourth-order valence-electron chi connectivity index (χ4n) is 12.7. The average Bonchev–Trinajstić information content (AvgIpc) is 3.27. The Morgan fingerprint density at radius 2 is 0.591 bits per heavy atom. The van der Waals surface area contributed by atoms with Crippen LogP contribution in [0.15, 0.2) is 297 Å². The molecule has 0 N–H and O–H groups in total. The molecule has 0 saturated heterocycles. The Hall–Kier alpha value is -12.1. The molecule has 0 spiro atoms. The van der Waals surface area contributed by atoms with E-state index in [4.69, 9.17) is 37.6 Å². The molecule has 0 aliphatic carbocycles. The maximum atomic E-state index is 6.65. The van der Waals surface area contributed by atoms with Crippen molar-refractivity contribution >= 4 is 133 Å². The van der Waals surface area contributed by atoms with Crippen molar-refractivity contribution in [3.63, 3.8) is 0 Å². The van der Waals surface area contributed by atoms with Crippen LogP contribution in [0.5, 0.6) is 0 Å². The number of anilines is 6. The van der Waals surface area contributed by atoms with Crippen LogP contribution in [-0.4, -0.2) is 19.9 Å². The van der Waals surface area contributed by atoms with Crippen LogP contribution in [0.4, 0.5) is 34.1 Å². The van der Waals surface area contributed by atoms with Gasteiger partial charge in [0, 0.05) is 91.6 Å². The number of nitrogens with zero attached hydrogens (tertiary/aromatic N) is 6. The molecule has 0 fully saturated rings. The third kappa shape index (κ3) is 8.26. The molecule has 10 heteroatoms. The van der Waals surface area contributed by atoms with E-state index in [-0.39, 0.29) is 0 Å². The maximum absolute atomic E-state index is 6.65. The lowest BCUT2D eigenvalue weighted by Gasteiger charge is -2.26. The lowest BCUT2D eigenvalue weighted by molar-refractivity contribution is 0.667. The Kier molecular flexibility index (Phi) is 11.1. The van der Waals surface area contributed by atoms with Gasteiger partial charge < -0.3 is 27.5 Å². The minimum Gasteiger partial charge on any atom is -0.454 e. The summed E-state index contributed by atoms with van der Waals surface area (Å²) in [5.41, 5.74) is 23.2. The Bertz CT molecular complexity index is 5800. The number of fused-ring (bicyclic) bond motifs is 13. The summed E-state index contributed by atoms with van der Waals surface area (Å²) in [7, 11) is 0. The second-order valence-electron chi connectivity index (χ2n) is 22.2. The van der Waals surface area contributed by atoms with Crippen LogP contribution >= 0.6 is 0 Å². The summed E-state index contributed by atoms with van der Waals surface area (Å²) in [6, 6.07) is 88.7. The van der Waals surface area contributed by atoms with Gasteiger partial charge in [-0.05, 0) is 184 Å². The zero-order valence-corrected chi connectivity index (χ0v) is 46.9. The first-order valence-electron chi connectivity index (χ1n) is 29.2. The molecule has 18 rings (SSSR count). The number of benzene rings is 10. The molecule has 0 amide bonds. The van der Waals surface area contributed by atoms with Crippen LogP contribution in [0.2, 0.25) is 0 Å². The van der Waals surface area contributed by atoms with E-state index in [0.29, 0.717) is 11.2 Å². The molecule has 10 nitrogen and oxygen atoms in total. The fraction of sp³-hybridized carbons (Fsp3) is 0. The van der Waals surface area contributed by atoms with Crippen molar-refractivity contribution in [2.24, 2.45) is 0 Å². The molecule has 10 aromatic carbocycles. The molecule has 8 heterocycles. The first kappa shape index (κ1) is 49.3. The van der Waals surface area contributed by atoms with Crippen LogP contribution < -0.4 is 9.80 Å². The molecule has 0 bridgehead atoms. The SMILES string of the molecule is c1ccc(-c2ccc(-c3cccc(N(c4ccc5oc6cccnc6c5c4)c4ccc5oc6cc(-c7cnc8c(c7)oc7ccc(N(c9cccc(-c%10ccc%11ccccc%11c%10)c9)c9ccc%10oc%11cccnc%11c%10c9)cc78)cnc6c5c4)c3)cc2)cc1. The van der Waals surface area contributed by atoms with Gasteiger partial charge in [0.2, 0.25) is 0 Å². The number of hydrogen-bond donors (Lipinski definition) is 0. The van der Waals surface area contributed by atoms with E-state index in [1.54, 1.807) is 12.4 Å². The molecular weight excluding hydrogens is 1080 g/mol. The topological polar surface area (TPSA) is 111 Å². The van der Waals surface area contributed by atoms with Gasteiger partial charge in [0.1, 0.15) is 44.4 Å². The largest absolute Gasteiger partial charge is 0.454 e. The van der Waals surface area contributed by atoms with Gasteiger partial charge in [-0.15, -0.1) is 0 Å². The summed E-state index contributed by atoms with van der Waals surface area (Å²) >= 11 is 0. The highest BCUT2D eigenvalue weighted by atomic mass is 16.3. The van der Waals surface area contributed by atoms with Crippen molar-refractivity contribution in [1.29, 1.82) is 0 Å². The van der Waals surface area contributed by atoms with Crippen molar-refractivity contribution < 1.29 is 17.7 Å². The van der Waals surface area contributed by atoms with Crippen LogP contribution in [0.1, 0.15) is 0 Å². The highest BCUT2D eigenvalue weighted by Gasteiger charge is 2.23. The smallest absolute Gasteiger partial charge is 0.154 e. The van der Waals surface area contributed by atoms with Gasteiger partial charge in [-0.2, -0.15) is 0 Å². The lowest BCUT2D eigenvalue weighted by Crippen LogP contribution is -2.10. The summed E-state index contributed by atoms with van der Waals surface area (Å²) < 4.78 is 25.8. The highest BCUT2D eigenvalue weighted by molar-refractivity contribution is 6.09. The van der Waals surface area contributed by atoms with E-state index in [1.807, 2.05) is 79.1 Å². The quantitative estimate of drug-likeness (QED) is 0.131. The van der Waals surface area contributed by atoms with Crippen molar-refractivity contribution in [3.8, 4) is 44.5 Å². The summed E-state index contributed by atoms with van der Waals surface area (Å²) in [5.74, 6) is 0. The van der Waals surface area contributed by atoms with Gasteiger partial charge in [-0.25, -0.2) is 0 Å². The van der Waals surface area contributed by atoms with Gasteiger partial charge in [-0.1, -0.05) is 115 Å². The van der Waals surface area contributed by atoms with E-state index < -0.39 is 0 Å². The van der Waals surface area contributed by atoms with Gasteiger partial charge in [0.25, 0.3) is 0 Å². The molecule has 0 radical (unpaired) electrons. The molecule has 0 aliphatic heterocycles. The molecule has 0 saturated carbocycles. The Morgan fingerprint density at radius 3 is 1.09 bits per heavy atom. The predicted molar refractivity (Wildman–Crippen MR) is 355 cm³/mol. The van der Waals surface area contributed by atoms with E-state index in [2.05, 4.69) is 198 Å². The summed E-state index contributed by atoms with van der Waals surface area (Å²) in [5, 5.41) is 6.04. The number of furan rings is 4. The molecule has 0 unspecified atom stereocenters. The standard InChI is InChI=1S/C78H46N6O4/c1-2-10-47(11-3-1)49-20-22-50(23-21-49)52-14-6-16-57(37-52)83(59-26-30-67-63(41-59)75-71(85-67)18-8-34-79-75)61-28-32-69-65(43-61)77-73(87-69)39-55(45-81-77)56-40-74-78(82-46-56)66-44-62(29-33-70(66)88-74)84(60-27-31-68-64(42-60)76-72(86-68)19-9-35-80-76)58-17-7-15-53(38-58)54-25-24-48-12-4-5-13-51(48)36-54/h1-46H. The molecule has 18 aromatic rings. The normalized spacial score (nSPS) is 11.9. The van der Waals surface area contributed by atoms with Crippen LogP contribution in [-0.2, 0) is 0 Å². The Labute approximate surface area is 502 Å². The second-order valence-corrected chi connectivity index (χ2v) is 22.2. The number of pyridine rings is 4. The zero-order valence-electron chi connectivity index (χ0n) is 46.9. The fourth-order valence-corrected chi connectivity index (χ4v) is 12.7. The van der Waals surface area contributed by atoms with Crippen molar-refractivity contribution in [2.75, 3.05) is 9.80 Å². The molecular formula is C78H46N6O4. The van der Waals surface area contributed by atoms with Crippen molar-refractivity contribution in [3.05, 3.63) is 280 Å². The first-order valence-corrected chi connectivity index (χ1v) is 29.2. The molecule has 412 valence electrons. The predicted octanol–water partition coefficient (Wildman–Crippen LogP) is 21.6. The lowest BCUT2D eigenvalue weighted by atomic mass is 9.99. The summed E-state index contributed by atoms with van der Waals surface area (Å²) in [6.45, 7) is 0. The maximum Gasteiger partial charge on any atom is 0.154 e. The second kappa shape index (κ2) is 19.7. The van der Waals surface area contributed by atoms with Gasteiger partial charge in [-0.3, -0.25) is 19.9 Å². The molecule has 8 aromatic heterocycles. The third-order valence-corrected chi connectivity index (χ3v) is 17.0. The monoisotopic (exact) mass is 1130 g/mol. The van der Waals surface area contributed by atoms with Gasteiger partial charge in [0.05, 0.1) is 0 Å². The molecule has 0 aliphatic rings. The van der Waals surface area contributed by atoms with Crippen LogP contribution in [0.3, 0.4) is 0 Å². The average molecular weight is 1130 g/mol. The third-order valence-electron chi connectivity index (χ3n) is 17.0. The minimum atomic E-state index is 0.658. The Balaban J connectivity index is 0.705. The van der Waals surface area contributed by atoms with Gasteiger partial charge in [0.15, 0.2) is 22.3 Å². The first-order chi connectivity index (χ1) is 43.5. The molecule has 0 atom stereocenters. The number of rotatable bonds is 10. The number of hydrogen-bond acceptors (Lipinski definition) is 10. The van der Waals surface area contributed by atoms with E-state index in [9.17, 15) is 0 Å². The number of aromatic nitrogens is 4. The molecule has 88 heavy (non-hydrogen) atoms. The summed E-state index contributed by atoms with van der Waals surface area (Å²) in [6.07, 6.45) is 7.40. The van der Waals surface area contributed by atoms with E-state index >= 15 is 0 Å². The van der Waals surface area contributed by atoms with E-state index in [1.165, 1.54) is 21.9 Å². The van der Waals surface area contributed by atoms with Crippen molar-refractivity contribution in [1.82, 2.24) is 19.9 Å². The Morgan fingerprint density at radius 1 is 0.216 bits per heavy atom. The van der Waals surface area contributed by atoms with Crippen molar-refractivity contribution in [2.45, 2.75) is 0 Å². The zero-order chi connectivity index (χ0) is 57.8. The van der Waals surface area contributed by atoms with E-state index in [0.717, 1.165) is 145 Å².